The van der Waals surface area contributed by atoms with E-state index < -0.39 is 5.97 Å². The van der Waals surface area contributed by atoms with Crippen molar-refractivity contribution in [1.29, 1.82) is 0 Å². The van der Waals surface area contributed by atoms with Gasteiger partial charge in [0.05, 0.1) is 10.9 Å². The molecule has 0 aliphatic carbocycles. The van der Waals surface area contributed by atoms with Crippen LogP contribution in [0.1, 0.15) is 11.1 Å². The maximum atomic E-state index is 11.9. The Bertz CT molecular complexity index is 665. The van der Waals surface area contributed by atoms with Crippen LogP contribution < -0.4 is 5.43 Å². The fraction of sp³-hybridized carbons (Fsp3) is 0.0769. The number of aryl methyl sites for hydroxylation is 1. The summed E-state index contributed by atoms with van der Waals surface area (Å²) in [6, 6.07) is 5.25. The average molecular weight is 230 g/mol. The van der Waals surface area contributed by atoms with E-state index in [0.29, 0.717) is 11.0 Å². The minimum Gasteiger partial charge on any atom is -0.478 e. The van der Waals surface area contributed by atoms with E-state index in [2.05, 4.69) is 0 Å². The predicted molar refractivity (Wildman–Crippen MR) is 63.9 cm³/mol. The smallest absolute Gasteiger partial charge is 0.328 e. The zero-order chi connectivity index (χ0) is 12.4. The molecule has 86 valence electrons. The molecule has 1 aromatic heterocycles. The summed E-state index contributed by atoms with van der Waals surface area (Å²) in [7, 11) is 0. The molecule has 0 aliphatic rings. The van der Waals surface area contributed by atoms with Crippen LogP contribution >= 0.6 is 0 Å². The number of fused-ring (bicyclic) bond motifs is 1. The summed E-state index contributed by atoms with van der Waals surface area (Å²) in [5.74, 6) is -1.10. The topological polar surface area (TPSA) is 67.5 Å². The summed E-state index contributed by atoms with van der Waals surface area (Å²) in [6.07, 6.45) is 3.41. The fourth-order valence-electron chi connectivity index (χ4n) is 1.53. The van der Waals surface area contributed by atoms with Crippen LogP contribution in [0.3, 0.4) is 0 Å². The van der Waals surface area contributed by atoms with Gasteiger partial charge in [0.15, 0.2) is 5.43 Å². The molecule has 17 heavy (non-hydrogen) atoms. The summed E-state index contributed by atoms with van der Waals surface area (Å²) in [5, 5.41) is 8.94. The second-order valence-electron chi connectivity index (χ2n) is 3.69. The standard InChI is InChI=1S/C13H10O4/c1-8-2-4-10-11(6-8)17-7-9(13(10)16)3-5-12(14)15/h2-7H,1H3,(H,14,15). The van der Waals surface area contributed by atoms with Crippen LogP contribution in [0.15, 0.2) is 39.7 Å². The van der Waals surface area contributed by atoms with Crippen LogP contribution in [0.2, 0.25) is 0 Å². The van der Waals surface area contributed by atoms with Crippen molar-refractivity contribution in [2.45, 2.75) is 6.92 Å². The summed E-state index contributed by atoms with van der Waals surface area (Å²) in [4.78, 5) is 22.3. The zero-order valence-electron chi connectivity index (χ0n) is 9.14. The summed E-state index contributed by atoms with van der Waals surface area (Å²) in [5.41, 5.74) is 1.49. The van der Waals surface area contributed by atoms with Crippen molar-refractivity contribution < 1.29 is 14.3 Å². The van der Waals surface area contributed by atoms with Gasteiger partial charge in [-0.25, -0.2) is 4.79 Å². The first-order valence-electron chi connectivity index (χ1n) is 5.01. The minimum atomic E-state index is -1.10. The van der Waals surface area contributed by atoms with Gasteiger partial charge in [-0.05, 0) is 30.7 Å². The molecule has 0 amide bonds. The van der Waals surface area contributed by atoms with Gasteiger partial charge in [0.1, 0.15) is 11.8 Å². The minimum absolute atomic E-state index is 0.226. The molecule has 1 N–H and O–H groups in total. The molecule has 0 fully saturated rings. The Balaban J connectivity index is 2.62. The SMILES string of the molecule is Cc1ccc2c(=O)c(C=CC(=O)O)coc2c1. The Morgan fingerprint density at radius 2 is 2.18 bits per heavy atom. The zero-order valence-corrected chi connectivity index (χ0v) is 9.14. The Kier molecular flexibility index (Phi) is 2.78. The molecule has 2 aromatic rings. The molecule has 0 bridgehead atoms. The highest BCUT2D eigenvalue weighted by atomic mass is 16.4. The Labute approximate surface area is 96.8 Å². The lowest BCUT2D eigenvalue weighted by Crippen LogP contribution is -2.05. The first-order valence-corrected chi connectivity index (χ1v) is 5.01. The first kappa shape index (κ1) is 11.1. The van der Waals surface area contributed by atoms with E-state index >= 15 is 0 Å². The van der Waals surface area contributed by atoms with Gasteiger partial charge in [0.2, 0.25) is 0 Å². The summed E-state index contributed by atoms with van der Waals surface area (Å²) >= 11 is 0. The largest absolute Gasteiger partial charge is 0.478 e. The van der Waals surface area contributed by atoms with Crippen LogP contribution in [0.25, 0.3) is 17.0 Å². The second kappa shape index (κ2) is 4.25. The van der Waals surface area contributed by atoms with Gasteiger partial charge in [-0.3, -0.25) is 4.79 Å². The predicted octanol–water partition coefficient (Wildman–Crippen LogP) is 2.20. The fourth-order valence-corrected chi connectivity index (χ4v) is 1.53. The third kappa shape index (κ3) is 2.25. The molecule has 1 heterocycles. The highest BCUT2D eigenvalue weighted by Gasteiger charge is 2.04. The lowest BCUT2D eigenvalue weighted by molar-refractivity contribution is -0.131. The van der Waals surface area contributed by atoms with E-state index in [0.717, 1.165) is 11.6 Å². The molecular weight excluding hydrogens is 220 g/mol. The number of carbonyl (C=O) groups is 1. The van der Waals surface area contributed by atoms with E-state index in [1.165, 1.54) is 12.3 Å². The van der Waals surface area contributed by atoms with Crippen LogP contribution in [-0.2, 0) is 4.79 Å². The van der Waals surface area contributed by atoms with Crippen LogP contribution in [0.4, 0.5) is 0 Å². The number of hydrogen-bond donors (Lipinski definition) is 1. The molecule has 1 aromatic carbocycles. The Hall–Kier alpha value is -2.36. The van der Waals surface area contributed by atoms with Crippen LogP contribution in [0.5, 0.6) is 0 Å². The van der Waals surface area contributed by atoms with Gasteiger partial charge in [0.25, 0.3) is 0 Å². The van der Waals surface area contributed by atoms with E-state index in [4.69, 9.17) is 9.52 Å². The number of benzene rings is 1. The molecule has 0 spiro atoms. The Morgan fingerprint density at radius 1 is 1.41 bits per heavy atom. The monoisotopic (exact) mass is 230 g/mol. The van der Waals surface area contributed by atoms with Crippen molar-refractivity contribution in [2.24, 2.45) is 0 Å². The molecule has 0 aliphatic heterocycles. The molecule has 2 rings (SSSR count). The van der Waals surface area contributed by atoms with Gasteiger partial charge in [-0.2, -0.15) is 0 Å². The van der Waals surface area contributed by atoms with Crippen molar-refractivity contribution in [3.63, 3.8) is 0 Å². The van der Waals surface area contributed by atoms with E-state index in [1.807, 2.05) is 13.0 Å². The van der Waals surface area contributed by atoms with E-state index in [1.54, 1.807) is 12.1 Å². The Morgan fingerprint density at radius 3 is 2.88 bits per heavy atom. The van der Waals surface area contributed by atoms with E-state index in [9.17, 15) is 9.59 Å². The number of aliphatic carboxylic acids is 1. The third-order valence-electron chi connectivity index (χ3n) is 2.36. The van der Waals surface area contributed by atoms with Gasteiger partial charge in [-0.15, -0.1) is 0 Å². The number of carboxylic acids is 1. The molecular formula is C13H10O4. The molecule has 4 heteroatoms. The van der Waals surface area contributed by atoms with Gasteiger partial charge >= 0.3 is 5.97 Å². The molecule has 4 nitrogen and oxygen atoms in total. The molecule has 0 saturated carbocycles. The molecule has 0 atom stereocenters. The maximum absolute atomic E-state index is 11.9. The quantitative estimate of drug-likeness (QED) is 0.803. The van der Waals surface area contributed by atoms with Gasteiger partial charge in [0, 0.05) is 6.08 Å². The van der Waals surface area contributed by atoms with Crippen molar-refractivity contribution in [2.75, 3.05) is 0 Å². The second-order valence-corrected chi connectivity index (χ2v) is 3.69. The summed E-state index contributed by atoms with van der Waals surface area (Å²) < 4.78 is 5.29. The molecule has 0 radical (unpaired) electrons. The van der Waals surface area contributed by atoms with Crippen molar-refractivity contribution >= 4 is 23.0 Å². The van der Waals surface area contributed by atoms with Crippen LogP contribution in [0, 0.1) is 6.92 Å². The van der Waals surface area contributed by atoms with Crippen molar-refractivity contribution in [3.8, 4) is 0 Å². The number of rotatable bonds is 2. The maximum Gasteiger partial charge on any atom is 0.328 e. The van der Waals surface area contributed by atoms with E-state index in [-0.39, 0.29) is 11.0 Å². The molecule has 0 saturated heterocycles. The van der Waals surface area contributed by atoms with Crippen molar-refractivity contribution in [1.82, 2.24) is 0 Å². The van der Waals surface area contributed by atoms with Crippen molar-refractivity contribution in [3.05, 3.63) is 51.9 Å². The van der Waals surface area contributed by atoms with Gasteiger partial charge in [-0.1, -0.05) is 6.07 Å². The lowest BCUT2D eigenvalue weighted by atomic mass is 10.1. The highest BCUT2D eigenvalue weighted by Crippen LogP contribution is 2.13. The summed E-state index contributed by atoms with van der Waals surface area (Å²) in [6.45, 7) is 1.90. The first-order chi connectivity index (χ1) is 8.08. The normalized spacial score (nSPS) is 11.1. The average Bonchev–Trinajstić information content (AvgIpc) is 2.27. The molecule has 0 unspecified atom stereocenters. The number of hydrogen-bond acceptors (Lipinski definition) is 3. The lowest BCUT2D eigenvalue weighted by Gasteiger charge is -1.99. The highest BCUT2D eigenvalue weighted by molar-refractivity contribution is 5.86. The van der Waals surface area contributed by atoms with Crippen LogP contribution in [-0.4, -0.2) is 11.1 Å². The third-order valence-corrected chi connectivity index (χ3v) is 2.36. The number of carboxylic acid groups (broad SMARTS) is 1. The van der Waals surface area contributed by atoms with Gasteiger partial charge < -0.3 is 9.52 Å².